The van der Waals surface area contributed by atoms with Crippen LogP contribution in [0.4, 0.5) is 4.53 Å². The molecular formula is C26H29FN2O4. The molecule has 0 amide bonds. The van der Waals surface area contributed by atoms with Crippen molar-refractivity contribution in [2.75, 3.05) is 7.11 Å². The van der Waals surface area contributed by atoms with E-state index in [0.717, 1.165) is 28.8 Å². The predicted molar refractivity (Wildman–Crippen MR) is 124 cm³/mol. The molecule has 2 atom stereocenters. The second-order valence-electron chi connectivity index (χ2n) is 7.74. The second kappa shape index (κ2) is 11.4. The summed E-state index contributed by atoms with van der Waals surface area (Å²) in [7, 11) is 1.64. The van der Waals surface area contributed by atoms with Gasteiger partial charge >= 0.3 is 6.47 Å². The SMILES string of the molecule is CC.COc1cc(-c2cc(COc3cc4c(cn3)C3CC3C4)ccc2C)ccn1.O=COF. The minimum Gasteiger partial charge on any atom is -0.481 e. The molecule has 0 bridgehead atoms. The molecule has 6 nitrogen and oxygen atoms in total. The summed E-state index contributed by atoms with van der Waals surface area (Å²) >= 11 is 0. The van der Waals surface area contributed by atoms with Crippen molar-refractivity contribution in [2.45, 2.75) is 46.1 Å². The van der Waals surface area contributed by atoms with Crippen molar-refractivity contribution in [3.8, 4) is 22.9 Å². The number of pyridine rings is 2. The van der Waals surface area contributed by atoms with Crippen LogP contribution in [0.15, 0.2) is 48.8 Å². The predicted octanol–water partition coefficient (Wildman–Crippen LogP) is 5.77. The number of carbonyl (C=O) groups is 1. The van der Waals surface area contributed by atoms with Crippen molar-refractivity contribution in [3.63, 3.8) is 0 Å². The molecule has 2 aromatic heterocycles. The van der Waals surface area contributed by atoms with Crippen LogP contribution < -0.4 is 9.47 Å². The van der Waals surface area contributed by atoms with Gasteiger partial charge in [0, 0.05) is 29.1 Å². The zero-order valence-corrected chi connectivity index (χ0v) is 19.4. The number of aryl methyl sites for hydroxylation is 1. The summed E-state index contributed by atoms with van der Waals surface area (Å²) in [6.45, 7) is 6.33. The molecule has 33 heavy (non-hydrogen) atoms. The lowest BCUT2D eigenvalue weighted by Crippen LogP contribution is -2.00. The Labute approximate surface area is 193 Å². The monoisotopic (exact) mass is 452 g/mol. The number of rotatable bonds is 6. The highest BCUT2D eigenvalue weighted by Gasteiger charge is 2.45. The molecule has 0 radical (unpaired) electrons. The van der Waals surface area contributed by atoms with E-state index in [1.165, 1.54) is 35.1 Å². The molecule has 0 spiro atoms. The maximum atomic E-state index is 9.85. The lowest BCUT2D eigenvalue weighted by atomic mass is 9.99. The molecule has 3 aromatic rings. The molecule has 1 fully saturated rings. The Morgan fingerprint density at radius 1 is 1.12 bits per heavy atom. The van der Waals surface area contributed by atoms with Gasteiger partial charge in [-0.2, -0.15) is 0 Å². The van der Waals surface area contributed by atoms with E-state index < -0.39 is 0 Å². The van der Waals surface area contributed by atoms with E-state index in [4.69, 9.17) is 14.3 Å². The van der Waals surface area contributed by atoms with Crippen molar-refractivity contribution in [3.05, 3.63) is 71.0 Å². The number of benzene rings is 1. The normalized spacial score (nSPS) is 16.6. The van der Waals surface area contributed by atoms with E-state index in [1.54, 1.807) is 13.3 Å². The molecule has 0 aliphatic heterocycles. The van der Waals surface area contributed by atoms with Gasteiger partial charge < -0.3 is 9.47 Å². The fourth-order valence-electron chi connectivity index (χ4n) is 4.13. The number of aromatic nitrogens is 2. The van der Waals surface area contributed by atoms with Gasteiger partial charge in [-0.1, -0.05) is 26.0 Å². The first-order valence-electron chi connectivity index (χ1n) is 11.1. The van der Waals surface area contributed by atoms with Crippen LogP contribution in [0.5, 0.6) is 11.8 Å². The first-order chi connectivity index (χ1) is 16.1. The molecule has 1 saturated carbocycles. The molecule has 2 aliphatic rings. The number of carbonyl (C=O) groups excluding carboxylic acids is 1. The molecule has 1 aromatic carbocycles. The maximum absolute atomic E-state index is 9.85. The van der Waals surface area contributed by atoms with E-state index >= 15 is 0 Å². The Morgan fingerprint density at radius 3 is 2.64 bits per heavy atom. The molecule has 5 rings (SSSR count). The Hall–Kier alpha value is -3.48. The van der Waals surface area contributed by atoms with Gasteiger partial charge in [-0.15, -0.1) is 0 Å². The number of hydrogen-bond acceptors (Lipinski definition) is 6. The number of hydrogen-bond donors (Lipinski definition) is 0. The van der Waals surface area contributed by atoms with Crippen LogP contribution >= 0.6 is 0 Å². The third-order valence-corrected chi connectivity index (χ3v) is 5.78. The summed E-state index contributed by atoms with van der Waals surface area (Å²) in [4.78, 5) is 19.6. The molecule has 2 aliphatic carbocycles. The van der Waals surface area contributed by atoms with Gasteiger partial charge in [-0.3, -0.25) is 9.74 Å². The van der Waals surface area contributed by atoms with Gasteiger partial charge in [0.05, 0.1) is 7.11 Å². The Bertz CT molecular complexity index is 1090. The molecule has 2 unspecified atom stereocenters. The minimum absolute atomic E-state index is 0.292. The van der Waals surface area contributed by atoms with Crippen molar-refractivity contribution in [1.29, 1.82) is 0 Å². The summed E-state index contributed by atoms with van der Waals surface area (Å²) in [5.74, 6) is 2.99. The fourth-order valence-corrected chi connectivity index (χ4v) is 4.13. The number of fused-ring (bicyclic) bond motifs is 3. The minimum atomic E-state index is -0.292. The summed E-state index contributed by atoms with van der Waals surface area (Å²) in [5.41, 5.74) is 7.46. The topological polar surface area (TPSA) is 70.5 Å². The summed E-state index contributed by atoms with van der Waals surface area (Å²) < 4.78 is 21.1. The van der Waals surface area contributed by atoms with E-state index in [2.05, 4.69) is 46.1 Å². The van der Waals surface area contributed by atoms with Gasteiger partial charge in [-0.05, 0) is 77.1 Å². The summed E-state index contributed by atoms with van der Waals surface area (Å²) in [6, 6.07) is 12.5. The second-order valence-corrected chi connectivity index (χ2v) is 7.74. The number of halogens is 1. The van der Waals surface area contributed by atoms with E-state index in [9.17, 15) is 4.53 Å². The van der Waals surface area contributed by atoms with Crippen molar-refractivity contribution in [2.24, 2.45) is 5.92 Å². The number of methoxy groups -OCH3 is 1. The van der Waals surface area contributed by atoms with E-state index in [-0.39, 0.29) is 6.47 Å². The highest BCUT2D eigenvalue weighted by molar-refractivity contribution is 5.68. The fraction of sp³-hybridized carbons (Fsp3) is 0.346. The highest BCUT2D eigenvalue weighted by Crippen LogP contribution is 2.56. The van der Waals surface area contributed by atoms with Crippen LogP contribution in [0.2, 0.25) is 0 Å². The number of ether oxygens (including phenoxy) is 2. The van der Waals surface area contributed by atoms with Gasteiger partial charge in [0.25, 0.3) is 0 Å². The maximum Gasteiger partial charge on any atom is 0.337 e. The smallest absolute Gasteiger partial charge is 0.337 e. The lowest BCUT2D eigenvalue weighted by Gasteiger charge is -2.12. The van der Waals surface area contributed by atoms with Crippen LogP contribution in [0, 0.1) is 12.8 Å². The quantitative estimate of drug-likeness (QED) is 0.442. The van der Waals surface area contributed by atoms with Crippen molar-refractivity contribution in [1.82, 2.24) is 9.97 Å². The summed E-state index contributed by atoms with van der Waals surface area (Å²) in [6.07, 6.45) is 6.33. The third kappa shape index (κ3) is 5.86. The summed E-state index contributed by atoms with van der Waals surface area (Å²) in [5, 5.41) is 0. The Kier molecular flexibility index (Phi) is 8.35. The largest absolute Gasteiger partial charge is 0.481 e. The van der Waals surface area contributed by atoms with Crippen LogP contribution in [0.1, 0.15) is 48.4 Å². The van der Waals surface area contributed by atoms with Crippen molar-refractivity contribution >= 4 is 6.47 Å². The Morgan fingerprint density at radius 2 is 1.91 bits per heavy atom. The molecule has 0 saturated heterocycles. The van der Waals surface area contributed by atoms with Gasteiger partial charge in [0.2, 0.25) is 11.8 Å². The van der Waals surface area contributed by atoms with Crippen LogP contribution in [0.3, 0.4) is 0 Å². The zero-order valence-electron chi connectivity index (χ0n) is 19.4. The molecule has 0 N–H and O–H groups in total. The Balaban J connectivity index is 0.000000464. The van der Waals surface area contributed by atoms with E-state index in [1.807, 2.05) is 32.2 Å². The van der Waals surface area contributed by atoms with Gasteiger partial charge in [0.1, 0.15) is 6.61 Å². The number of nitrogens with zero attached hydrogens (tertiary/aromatic N) is 2. The molecule has 7 heteroatoms. The average Bonchev–Trinajstić information content (AvgIpc) is 3.55. The van der Waals surface area contributed by atoms with Gasteiger partial charge in [0.15, 0.2) is 0 Å². The standard InChI is InChI=1S/C23H22N2O2.C2H6.CHFO2/c1-14-3-4-15(7-19(14)16-5-6-24-22(10-16)26-2)13-27-23-11-18-8-17-9-20(17)21(18)12-25-23;1-2;2-4-1-3/h3-7,10-12,17,20H,8-9,13H2,1-2H3;1-2H3;1H. The first kappa shape index (κ1) is 24.2. The third-order valence-electron chi connectivity index (χ3n) is 5.78. The average molecular weight is 453 g/mol. The molecule has 2 heterocycles. The first-order valence-corrected chi connectivity index (χ1v) is 11.1. The van der Waals surface area contributed by atoms with E-state index in [0.29, 0.717) is 12.5 Å². The van der Waals surface area contributed by atoms with Gasteiger partial charge in [-0.25, -0.2) is 9.97 Å². The van der Waals surface area contributed by atoms with Crippen LogP contribution in [0.25, 0.3) is 11.1 Å². The lowest BCUT2D eigenvalue weighted by molar-refractivity contribution is -0.165. The molecule has 174 valence electrons. The van der Waals surface area contributed by atoms with Crippen molar-refractivity contribution < 1.29 is 23.7 Å². The van der Waals surface area contributed by atoms with Crippen LogP contribution in [-0.4, -0.2) is 23.5 Å². The highest BCUT2D eigenvalue weighted by atomic mass is 19.3. The van der Waals surface area contributed by atoms with Crippen LogP contribution in [-0.2, 0) is 22.8 Å². The zero-order chi connectivity index (χ0) is 23.8. The molecular weight excluding hydrogens is 423 g/mol.